The van der Waals surface area contributed by atoms with Gasteiger partial charge in [0.15, 0.2) is 0 Å². The van der Waals surface area contributed by atoms with E-state index in [4.69, 9.17) is 0 Å². The Hall–Kier alpha value is -0.570. The van der Waals surface area contributed by atoms with Gasteiger partial charge in [-0.25, -0.2) is 0 Å². The molecule has 3 unspecified atom stereocenters. The molecular formula is C17H34N2O. The highest BCUT2D eigenvalue weighted by molar-refractivity contribution is 5.76. The van der Waals surface area contributed by atoms with Crippen LogP contribution in [0.3, 0.4) is 0 Å². The number of amides is 1. The zero-order chi connectivity index (χ0) is 15.2. The van der Waals surface area contributed by atoms with Crippen LogP contribution in [0, 0.1) is 17.3 Å². The fraction of sp³-hybridized carbons (Fsp3) is 0.941. The highest BCUT2D eigenvalue weighted by atomic mass is 16.1. The molecule has 0 aromatic heterocycles. The summed E-state index contributed by atoms with van der Waals surface area (Å²) in [4.78, 5) is 12.0. The Bertz CT molecular complexity index is 296. The molecule has 0 aliphatic carbocycles. The predicted octanol–water partition coefficient (Wildman–Crippen LogP) is 3.34. The Morgan fingerprint density at radius 3 is 2.70 bits per heavy atom. The number of hydrogen-bond donors (Lipinski definition) is 2. The first-order valence-electron chi connectivity index (χ1n) is 8.32. The van der Waals surface area contributed by atoms with E-state index in [-0.39, 0.29) is 5.91 Å². The summed E-state index contributed by atoms with van der Waals surface area (Å²) in [6.07, 6.45) is 5.52. The molecule has 118 valence electrons. The van der Waals surface area contributed by atoms with E-state index in [9.17, 15) is 4.79 Å². The SMILES string of the molecule is CCC1CCCNC1CNC(=O)CC(C)CC(C)(C)C. The van der Waals surface area contributed by atoms with E-state index in [1.54, 1.807) is 0 Å². The van der Waals surface area contributed by atoms with Crippen molar-refractivity contribution in [3.63, 3.8) is 0 Å². The normalized spacial score (nSPS) is 25.2. The molecule has 3 atom stereocenters. The number of rotatable bonds is 6. The monoisotopic (exact) mass is 282 g/mol. The summed E-state index contributed by atoms with van der Waals surface area (Å²) in [5, 5.41) is 6.68. The second-order valence-electron chi connectivity index (χ2n) is 7.75. The molecule has 0 spiro atoms. The highest BCUT2D eigenvalue weighted by Crippen LogP contribution is 2.25. The van der Waals surface area contributed by atoms with Gasteiger partial charge in [-0.2, -0.15) is 0 Å². The van der Waals surface area contributed by atoms with Crippen molar-refractivity contribution in [1.29, 1.82) is 0 Å². The van der Waals surface area contributed by atoms with E-state index in [2.05, 4.69) is 45.3 Å². The molecule has 1 amide bonds. The molecule has 0 aromatic rings. The molecule has 0 radical (unpaired) electrons. The van der Waals surface area contributed by atoms with Gasteiger partial charge in [0.25, 0.3) is 0 Å². The van der Waals surface area contributed by atoms with Crippen LogP contribution in [0.4, 0.5) is 0 Å². The van der Waals surface area contributed by atoms with Gasteiger partial charge < -0.3 is 10.6 Å². The lowest BCUT2D eigenvalue weighted by Crippen LogP contribution is -2.48. The lowest BCUT2D eigenvalue weighted by Gasteiger charge is -2.32. The Balaban J connectivity index is 2.28. The average molecular weight is 282 g/mol. The molecule has 1 heterocycles. The van der Waals surface area contributed by atoms with Crippen LogP contribution >= 0.6 is 0 Å². The van der Waals surface area contributed by atoms with Gasteiger partial charge in [0.1, 0.15) is 0 Å². The van der Waals surface area contributed by atoms with Crippen LogP contribution in [0.2, 0.25) is 0 Å². The van der Waals surface area contributed by atoms with Crippen molar-refractivity contribution >= 4 is 5.91 Å². The van der Waals surface area contributed by atoms with Crippen molar-refractivity contribution in [2.45, 2.75) is 72.8 Å². The summed E-state index contributed by atoms with van der Waals surface area (Å²) in [5.74, 6) is 1.39. The number of carbonyl (C=O) groups is 1. The standard InChI is InChI=1S/C17H34N2O/c1-6-14-8-7-9-18-15(14)12-19-16(20)10-13(2)11-17(3,4)5/h13-15,18H,6-12H2,1-5H3,(H,19,20). The lowest BCUT2D eigenvalue weighted by molar-refractivity contribution is -0.122. The lowest BCUT2D eigenvalue weighted by atomic mass is 9.84. The van der Waals surface area contributed by atoms with Crippen molar-refractivity contribution in [1.82, 2.24) is 10.6 Å². The quantitative estimate of drug-likeness (QED) is 0.784. The molecule has 3 heteroatoms. The minimum absolute atomic E-state index is 0.212. The number of nitrogens with one attached hydrogen (secondary N) is 2. The van der Waals surface area contributed by atoms with E-state index < -0.39 is 0 Å². The van der Waals surface area contributed by atoms with Gasteiger partial charge in [0.2, 0.25) is 5.91 Å². The smallest absolute Gasteiger partial charge is 0.220 e. The molecule has 1 rings (SSSR count). The van der Waals surface area contributed by atoms with Crippen molar-refractivity contribution < 1.29 is 4.79 Å². The van der Waals surface area contributed by atoms with Gasteiger partial charge in [-0.05, 0) is 43.1 Å². The Morgan fingerprint density at radius 2 is 2.10 bits per heavy atom. The minimum Gasteiger partial charge on any atom is -0.355 e. The van der Waals surface area contributed by atoms with E-state index >= 15 is 0 Å². The molecule has 0 bridgehead atoms. The third-order valence-electron chi connectivity index (χ3n) is 4.27. The summed E-state index contributed by atoms with van der Waals surface area (Å²) in [7, 11) is 0. The van der Waals surface area contributed by atoms with Crippen LogP contribution < -0.4 is 10.6 Å². The van der Waals surface area contributed by atoms with E-state index in [0.717, 1.165) is 25.4 Å². The van der Waals surface area contributed by atoms with Crippen molar-refractivity contribution in [3.05, 3.63) is 0 Å². The van der Waals surface area contributed by atoms with Gasteiger partial charge in [-0.3, -0.25) is 4.79 Å². The molecular weight excluding hydrogens is 248 g/mol. The summed E-state index contributed by atoms with van der Waals surface area (Å²) >= 11 is 0. The molecule has 0 aromatic carbocycles. The molecule has 3 nitrogen and oxygen atoms in total. The zero-order valence-corrected chi connectivity index (χ0v) is 14.1. The molecule has 20 heavy (non-hydrogen) atoms. The Kier molecular flexibility index (Phi) is 7.01. The molecule has 1 saturated heterocycles. The molecule has 2 N–H and O–H groups in total. The first kappa shape index (κ1) is 17.5. The van der Waals surface area contributed by atoms with Crippen LogP contribution in [0.1, 0.15) is 66.7 Å². The average Bonchev–Trinajstić information content (AvgIpc) is 2.34. The van der Waals surface area contributed by atoms with Crippen LogP contribution in [-0.2, 0) is 4.79 Å². The maximum atomic E-state index is 12.0. The number of hydrogen-bond acceptors (Lipinski definition) is 2. The van der Waals surface area contributed by atoms with E-state index in [1.807, 2.05) is 0 Å². The summed E-state index contributed by atoms with van der Waals surface area (Å²) in [6, 6.07) is 0.468. The highest BCUT2D eigenvalue weighted by Gasteiger charge is 2.24. The number of carbonyl (C=O) groups excluding carboxylic acids is 1. The topological polar surface area (TPSA) is 41.1 Å². The van der Waals surface area contributed by atoms with E-state index in [1.165, 1.54) is 19.3 Å². The number of piperidine rings is 1. The minimum atomic E-state index is 0.212. The van der Waals surface area contributed by atoms with Gasteiger partial charge >= 0.3 is 0 Å². The Labute approximate surface area is 125 Å². The molecule has 0 saturated carbocycles. The third-order valence-corrected chi connectivity index (χ3v) is 4.27. The fourth-order valence-electron chi connectivity index (χ4n) is 3.48. The largest absolute Gasteiger partial charge is 0.355 e. The van der Waals surface area contributed by atoms with Crippen LogP contribution in [0.25, 0.3) is 0 Å². The summed E-state index contributed by atoms with van der Waals surface area (Å²) in [6.45, 7) is 13.0. The van der Waals surface area contributed by atoms with Crippen LogP contribution in [0.5, 0.6) is 0 Å². The summed E-state index contributed by atoms with van der Waals surface area (Å²) < 4.78 is 0. The van der Waals surface area contributed by atoms with Crippen molar-refractivity contribution in [2.24, 2.45) is 17.3 Å². The fourth-order valence-corrected chi connectivity index (χ4v) is 3.48. The van der Waals surface area contributed by atoms with Gasteiger partial charge in [0.05, 0.1) is 0 Å². The van der Waals surface area contributed by atoms with Gasteiger partial charge in [-0.1, -0.05) is 41.0 Å². The maximum Gasteiger partial charge on any atom is 0.220 e. The van der Waals surface area contributed by atoms with Gasteiger partial charge in [0, 0.05) is 19.0 Å². The van der Waals surface area contributed by atoms with Gasteiger partial charge in [-0.15, -0.1) is 0 Å². The maximum absolute atomic E-state index is 12.0. The van der Waals surface area contributed by atoms with Crippen LogP contribution in [0.15, 0.2) is 0 Å². The van der Waals surface area contributed by atoms with Crippen molar-refractivity contribution in [3.8, 4) is 0 Å². The molecule has 1 aliphatic rings. The first-order chi connectivity index (χ1) is 9.31. The van der Waals surface area contributed by atoms with Crippen molar-refractivity contribution in [2.75, 3.05) is 13.1 Å². The molecule has 1 aliphatic heterocycles. The Morgan fingerprint density at radius 1 is 1.40 bits per heavy atom. The van der Waals surface area contributed by atoms with Crippen LogP contribution in [-0.4, -0.2) is 25.0 Å². The van der Waals surface area contributed by atoms with E-state index in [0.29, 0.717) is 23.8 Å². The third kappa shape index (κ3) is 6.74. The first-order valence-corrected chi connectivity index (χ1v) is 8.32. The zero-order valence-electron chi connectivity index (χ0n) is 14.1. The second kappa shape index (κ2) is 8.02. The second-order valence-corrected chi connectivity index (χ2v) is 7.75. The molecule has 1 fully saturated rings. The predicted molar refractivity (Wildman–Crippen MR) is 85.7 cm³/mol. The summed E-state index contributed by atoms with van der Waals surface area (Å²) in [5.41, 5.74) is 0.304.